The molecule has 1 N–H and O–H groups in total. The third kappa shape index (κ3) is 4.62. The molecule has 0 aliphatic heterocycles. The number of nitrogens with one attached hydrogen (secondary N) is 1. The molecule has 1 aromatic heterocycles. The first kappa shape index (κ1) is 19.7. The molecule has 0 bridgehead atoms. The average Bonchev–Trinajstić information content (AvgIpc) is 3.17. The van der Waals surface area contributed by atoms with Crippen LogP contribution in [0.25, 0.3) is 11.3 Å². The van der Waals surface area contributed by atoms with E-state index < -0.39 is 15.8 Å². The second-order valence-corrected chi connectivity index (χ2v) is 6.04. The van der Waals surface area contributed by atoms with Crippen molar-refractivity contribution in [3.8, 4) is 11.3 Å². The second kappa shape index (κ2) is 8.31. The van der Waals surface area contributed by atoms with Crippen molar-refractivity contribution in [3.05, 3.63) is 91.2 Å². The Morgan fingerprint density at radius 2 is 1.76 bits per heavy atom. The van der Waals surface area contributed by atoms with E-state index in [-0.39, 0.29) is 22.0 Å². The summed E-state index contributed by atoms with van der Waals surface area (Å²) in [5.41, 5.74) is 2.46. The van der Waals surface area contributed by atoms with Crippen LogP contribution in [0.15, 0.2) is 64.1 Å². The van der Waals surface area contributed by atoms with Gasteiger partial charge in [0.2, 0.25) is 0 Å². The molecule has 0 fully saturated rings. The predicted octanol–water partition coefficient (Wildman–Crippen LogP) is 4.18. The van der Waals surface area contributed by atoms with Crippen LogP contribution in [0.5, 0.6) is 0 Å². The normalized spacial score (nSPS) is 10.8. The van der Waals surface area contributed by atoms with E-state index >= 15 is 0 Å². The Labute approximate surface area is 167 Å². The summed E-state index contributed by atoms with van der Waals surface area (Å²) in [7, 11) is 0. The van der Waals surface area contributed by atoms with Gasteiger partial charge >= 0.3 is 0 Å². The van der Waals surface area contributed by atoms with E-state index in [0.29, 0.717) is 17.1 Å². The third-order valence-electron chi connectivity index (χ3n) is 3.75. The zero-order valence-electron chi connectivity index (χ0n) is 14.4. The van der Waals surface area contributed by atoms with Crippen molar-refractivity contribution in [1.29, 1.82) is 0 Å². The molecule has 0 saturated heterocycles. The summed E-state index contributed by atoms with van der Waals surface area (Å²) in [6.07, 6.45) is 1.25. The molecule has 0 radical (unpaired) electrons. The van der Waals surface area contributed by atoms with Crippen LogP contribution in [0.4, 0.5) is 11.4 Å². The first-order valence-corrected chi connectivity index (χ1v) is 8.35. The van der Waals surface area contributed by atoms with E-state index in [1.807, 2.05) is 0 Å². The number of benzene rings is 2. The molecule has 0 aliphatic carbocycles. The van der Waals surface area contributed by atoms with Crippen molar-refractivity contribution in [3.63, 3.8) is 0 Å². The molecule has 3 aromatic rings. The Morgan fingerprint density at radius 1 is 1.03 bits per heavy atom. The van der Waals surface area contributed by atoms with Crippen LogP contribution >= 0.6 is 11.6 Å². The van der Waals surface area contributed by atoms with E-state index in [0.717, 1.165) is 6.07 Å². The van der Waals surface area contributed by atoms with Gasteiger partial charge in [-0.25, -0.2) is 5.43 Å². The predicted molar refractivity (Wildman–Crippen MR) is 104 cm³/mol. The summed E-state index contributed by atoms with van der Waals surface area (Å²) < 4.78 is 5.55. The molecule has 0 unspecified atom stereocenters. The summed E-state index contributed by atoms with van der Waals surface area (Å²) >= 11 is 5.71. The maximum Gasteiger partial charge on any atom is 0.288 e. The third-order valence-corrected chi connectivity index (χ3v) is 4.07. The number of carbonyl (C=O) groups excluding carboxylic acids is 1. The minimum atomic E-state index is -0.690. The minimum absolute atomic E-state index is 0.0178. The Balaban J connectivity index is 1.67. The van der Waals surface area contributed by atoms with E-state index in [4.69, 9.17) is 16.0 Å². The van der Waals surface area contributed by atoms with Gasteiger partial charge in [0.25, 0.3) is 17.3 Å². The molecular formula is C18H11ClN4O6. The lowest BCUT2D eigenvalue weighted by Crippen LogP contribution is -2.17. The number of carbonyl (C=O) groups is 1. The van der Waals surface area contributed by atoms with Gasteiger partial charge in [0.15, 0.2) is 0 Å². The van der Waals surface area contributed by atoms with Crippen LogP contribution in [0.2, 0.25) is 5.02 Å². The molecule has 3 rings (SSSR count). The van der Waals surface area contributed by atoms with E-state index in [2.05, 4.69) is 10.5 Å². The summed E-state index contributed by atoms with van der Waals surface area (Å²) in [5, 5.41) is 25.2. The molecule has 146 valence electrons. The van der Waals surface area contributed by atoms with Crippen molar-refractivity contribution >= 4 is 35.1 Å². The number of amides is 1. The lowest BCUT2D eigenvalue weighted by Gasteiger charge is -2.01. The number of non-ortho nitro benzene ring substituents is 1. The number of halogens is 1. The highest BCUT2D eigenvalue weighted by Crippen LogP contribution is 2.25. The average molecular weight is 415 g/mol. The van der Waals surface area contributed by atoms with Gasteiger partial charge in [-0.15, -0.1) is 0 Å². The summed E-state index contributed by atoms with van der Waals surface area (Å²) in [5.74, 6) is 0.116. The number of nitro benzene ring substituents is 2. The van der Waals surface area contributed by atoms with Gasteiger partial charge in [0.1, 0.15) is 16.5 Å². The van der Waals surface area contributed by atoms with Crippen LogP contribution in [-0.2, 0) is 0 Å². The van der Waals surface area contributed by atoms with Gasteiger partial charge in [-0.05, 0) is 36.4 Å². The Hall–Kier alpha value is -4.05. The van der Waals surface area contributed by atoms with E-state index in [9.17, 15) is 25.0 Å². The molecule has 1 heterocycles. The quantitative estimate of drug-likeness (QED) is 0.364. The molecule has 10 nitrogen and oxygen atoms in total. The molecule has 11 heteroatoms. The van der Waals surface area contributed by atoms with E-state index in [1.165, 1.54) is 30.5 Å². The highest BCUT2D eigenvalue weighted by Gasteiger charge is 2.16. The maximum absolute atomic E-state index is 12.1. The smallest absolute Gasteiger partial charge is 0.288 e. The number of rotatable bonds is 6. The van der Waals surface area contributed by atoms with Crippen molar-refractivity contribution in [2.75, 3.05) is 0 Å². The first-order valence-electron chi connectivity index (χ1n) is 7.97. The Morgan fingerprint density at radius 3 is 2.41 bits per heavy atom. The van der Waals surface area contributed by atoms with Crippen LogP contribution in [-0.4, -0.2) is 22.0 Å². The molecular weight excluding hydrogens is 404 g/mol. The number of hydrogen-bond donors (Lipinski definition) is 1. The summed E-state index contributed by atoms with van der Waals surface area (Å²) in [4.78, 5) is 32.4. The second-order valence-electron chi connectivity index (χ2n) is 5.63. The molecule has 0 saturated carbocycles. The Bertz CT molecular complexity index is 1120. The van der Waals surface area contributed by atoms with Gasteiger partial charge in [-0.1, -0.05) is 11.6 Å². The summed E-state index contributed by atoms with van der Waals surface area (Å²) in [6.45, 7) is 0. The molecule has 0 atom stereocenters. The molecule has 0 aliphatic rings. The fourth-order valence-corrected chi connectivity index (χ4v) is 2.52. The van der Waals surface area contributed by atoms with Crippen LogP contribution in [0.1, 0.15) is 16.1 Å². The van der Waals surface area contributed by atoms with Gasteiger partial charge in [-0.2, -0.15) is 5.10 Å². The number of hydrogen-bond acceptors (Lipinski definition) is 7. The summed E-state index contributed by atoms with van der Waals surface area (Å²) in [6, 6.07) is 12.7. The van der Waals surface area contributed by atoms with E-state index in [1.54, 1.807) is 24.3 Å². The van der Waals surface area contributed by atoms with Crippen molar-refractivity contribution in [2.45, 2.75) is 0 Å². The fraction of sp³-hybridized carbons (Fsp3) is 0. The van der Waals surface area contributed by atoms with Crippen LogP contribution in [0.3, 0.4) is 0 Å². The lowest BCUT2D eigenvalue weighted by molar-refractivity contribution is -0.385. The molecule has 2 aromatic carbocycles. The number of hydrazone groups is 1. The fourth-order valence-electron chi connectivity index (χ4n) is 2.34. The van der Waals surface area contributed by atoms with Crippen molar-refractivity contribution in [2.24, 2.45) is 5.10 Å². The van der Waals surface area contributed by atoms with Crippen molar-refractivity contribution in [1.82, 2.24) is 5.43 Å². The van der Waals surface area contributed by atoms with Gasteiger partial charge < -0.3 is 4.42 Å². The zero-order valence-corrected chi connectivity index (χ0v) is 15.2. The number of furan rings is 1. The van der Waals surface area contributed by atoms with Gasteiger partial charge in [0, 0.05) is 29.3 Å². The first-order chi connectivity index (χ1) is 13.8. The number of nitro groups is 2. The lowest BCUT2D eigenvalue weighted by atomic mass is 10.1. The van der Waals surface area contributed by atoms with Gasteiger partial charge in [0.05, 0.1) is 16.1 Å². The van der Waals surface area contributed by atoms with Gasteiger partial charge in [-0.3, -0.25) is 25.0 Å². The highest BCUT2D eigenvalue weighted by atomic mass is 35.5. The Kier molecular flexibility index (Phi) is 5.65. The highest BCUT2D eigenvalue weighted by molar-refractivity contribution is 6.32. The molecule has 29 heavy (non-hydrogen) atoms. The standard InChI is InChI=1S/C18H11ClN4O6/c19-15-7-3-12(9-16(15)23(27)28)18(24)21-20-10-14-6-8-17(29-14)11-1-4-13(5-2-11)22(25)26/h1-10H,(H,21,24)/b20-10-. The topological polar surface area (TPSA) is 141 Å². The largest absolute Gasteiger partial charge is 0.455 e. The SMILES string of the molecule is O=C(N/N=C\c1ccc(-c2ccc([N+](=O)[O-])cc2)o1)c1ccc(Cl)c([N+](=O)[O-])c1. The molecule has 0 spiro atoms. The minimum Gasteiger partial charge on any atom is -0.455 e. The number of nitrogens with zero attached hydrogens (tertiary/aromatic N) is 3. The van der Waals surface area contributed by atoms with Crippen LogP contribution < -0.4 is 5.43 Å². The van der Waals surface area contributed by atoms with Crippen molar-refractivity contribution < 1.29 is 19.1 Å². The monoisotopic (exact) mass is 414 g/mol. The molecule has 1 amide bonds. The maximum atomic E-state index is 12.1. The van der Waals surface area contributed by atoms with Crippen LogP contribution in [0, 0.1) is 20.2 Å². The zero-order chi connectivity index (χ0) is 21.0.